The molecule has 0 unspecified atom stereocenters. The number of hydrogen-bond donors (Lipinski definition) is 1. The van der Waals surface area contributed by atoms with Crippen LogP contribution in [-0.2, 0) is 13.6 Å². The first-order valence-electron chi connectivity index (χ1n) is 5.99. The summed E-state index contributed by atoms with van der Waals surface area (Å²) < 4.78 is 2.87. The van der Waals surface area contributed by atoms with Crippen LogP contribution in [0.5, 0.6) is 0 Å². The Morgan fingerprint density at radius 1 is 1.21 bits per heavy atom. The number of aromatic nitrogens is 3. The van der Waals surface area contributed by atoms with Crippen LogP contribution in [0.3, 0.4) is 0 Å². The second kappa shape index (κ2) is 5.01. The van der Waals surface area contributed by atoms with Crippen LogP contribution >= 0.6 is 15.9 Å². The highest BCUT2D eigenvalue weighted by Gasteiger charge is 2.05. The lowest BCUT2D eigenvalue weighted by atomic mass is 10.1. The van der Waals surface area contributed by atoms with Gasteiger partial charge in [0.1, 0.15) is 5.82 Å². The van der Waals surface area contributed by atoms with Crippen LogP contribution in [0.2, 0.25) is 0 Å². The number of nitrogens with one attached hydrogen (secondary N) is 1. The number of aryl methyl sites for hydroxylation is 1. The molecular formula is C14H13BrN4. The van der Waals surface area contributed by atoms with Crippen LogP contribution in [0.1, 0.15) is 5.69 Å². The second-order valence-electron chi connectivity index (χ2n) is 4.33. The zero-order valence-electron chi connectivity index (χ0n) is 10.5. The molecule has 3 aromatic rings. The summed E-state index contributed by atoms with van der Waals surface area (Å²) >= 11 is 3.56. The van der Waals surface area contributed by atoms with Gasteiger partial charge in [0.15, 0.2) is 0 Å². The Morgan fingerprint density at radius 2 is 2.11 bits per heavy atom. The summed E-state index contributed by atoms with van der Waals surface area (Å²) in [4.78, 5) is 4.40. The molecule has 4 nitrogen and oxygen atoms in total. The molecule has 1 N–H and O–H groups in total. The van der Waals surface area contributed by atoms with Gasteiger partial charge in [-0.25, -0.2) is 4.98 Å². The summed E-state index contributed by atoms with van der Waals surface area (Å²) in [5.74, 6) is 0.879. The Balaban J connectivity index is 1.91. The summed E-state index contributed by atoms with van der Waals surface area (Å²) in [6.45, 7) is 0.666. The average Bonchev–Trinajstić information content (AvgIpc) is 2.83. The van der Waals surface area contributed by atoms with E-state index < -0.39 is 0 Å². The van der Waals surface area contributed by atoms with Crippen molar-refractivity contribution in [2.24, 2.45) is 7.05 Å². The smallest absolute Gasteiger partial charge is 0.134 e. The van der Waals surface area contributed by atoms with Crippen LogP contribution in [-0.4, -0.2) is 14.8 Å². The van der Waals surface area contributed by atoms with Crippen molar-refractivity contribution in [1.29, 1.82) is 0 Å². The van der Waals surface area contributed by atoms with E-state index in [4.69, 9.17) is 0 Å². The molecule has 0 aliphatic carbocycles. The van der Waals surface area contributed by atoms with Crippen molar-refractivity contribution in [2.45, 2.75) is 6.54 Å². The lowest BCUT2D eigenvalue weighted by molar-refractivity contribution is 0.747. The molecule has 96 valence electrons. The van der Waals surface area contributed by atoms with Crippen LogP contribution in [0.15, 0.2) is 47.2 Å². The largest absolute Gasteiger partial charge is 0.364 e. The molecule has 0 amide bonds. The van der Waals surface area contributed by atoms with Gasteiger partial charge in [-0.3, -0.25) is 4.68 Å². The zero-order valence-corrected chi connectivity index (χ0v) is 12.1. The topological polar surface area (TPSA) is 42.7 Å². The highest BCUT2D eigenvalue weighted by Crippen LogP contribution is 2.27. The van der Waals surface area contributed by atoms with Gasteiger partial charge in [0.2, 0.25) is 0 Å². The molecule has 3 rings (SSSR count). The molecule has 2 heterocycles. The number of rotatable bonds is 3. The number of hydrogen-bond acceptors (Lipinski definition) is 3. The van der Waals surface area contributed by atoms with Gasteiger partial charge in [0.05, 0.1) is 12.2 Å². The highest BCUT2D eigenvalue weighted by molar-refractivity contribution is 9.10. The van der Waals surface area contributed by atoms with Crippen molar-refractivity contribution in [3.05, 3.63) is 52.9 Å². The van der Waals surface area contributed by atoms with E-state index in [-0.39, 0.29) is 0 Å². The van der Waals surface area contributed by atoms with E-state index in [9.17, 15) is 0 Å². The van der Waals surface area contributed by atoms with Crippen molar-refractivity contribution < 1.29 is 0 Å². The van der Waals surface area contributed by atoms with Crippen LogP contribution in [0, 0.1) is 0 Å². The maximum atomic E-state index is 4.40. The molecule has 2 aromatic heterocycles. The molecule has 0 fully saturated rings. The molecular weight excluding hydrogens is 304 g/mol. The zero-order chi connectivity index (χ0) is 13.2. The molecule has 5 heteroatoms. The third-order valence-electron chi connectivity index (χ3n) is 2.96. The number of benzene rings is 1. The summed E-state index contributed by atoms with van der Waals surface area (Å²) in [7, 11) is 1.91. The van der Waals surface area contributed by atoms with Gasteiger partial charge < -0.3 is 5.32 Å². The third-order valence-corrected chi connectivity index (χ3v) is 3.65. The minimum atomic E-state index is 0.666. The van der Waals surface area contributed by atoms with Crippen LogP contribution < -0.4 is 5.32 Å². The van der Waals surface area contributed by atoms with Crippen molar-refractivity contribution in [1.82, 2.24) is 14.8 Å². The van der Waals surface area contributed by atoms with Gasteiger partial charge in [0, 0.05) is 34.7 Å². The van der Waals surface area contributed by atoms with Gasteiger partial charge in [-0.05, 0) is 18.2 Å². The summed E-state index contributed by atoms with van der Waals surface area (Å²) in [6, 6.07) is 10.1. The predicted molar refractivity (Wildman–Crippen MR) is 80.0 cm³/mol. The predicted octanol–water partition coefficient (Wildman–Crippen LogP) is 3.34. The van der Waals surface area contributed by atoms with Crippen LogP contribution in [0.25, 0.3) is 10.8 Å². The quantitative estimate of drug-likeness (QED) is 0.805. The molecule has 0 saturated carbocycles. The Hall–Kier alpha value is -1.88. The Morgan fingerprint density at radius 3 is 2.89 bits per heavy atom. The monoisotopic (exact) mass is 316 g/mol. The van der Waals surface area contributed by atoms with E-state index >= 15 is 0 Å². The van der Waals surface area contributed by atoms with E-state index in [0.29, 0.717) is 6.54 Å². The second-order valence-corrected chi connectivity index (χ2v) is 5.18. The van der Waals surface area contributed by atoms with Crippen LogP contribution in [0.4, 0.5) is 5.82 Å². The molecule has 19 heavy (non-hydrogen) atoms. The van der Waals surface area contributed by atoms with Crippen molar-refractivity contribution in [3.8, 4) is 0 Å². The van der Waals surface area contributed by atoms with Gasteiger partial charge in [-0.1, -0.05) is 28.1 Å². The maximum Gasteiger partial charge on any atom is 0.134 e. The minimum Gasteiger partial charge on any atom is -0.364 e. The maximum absolute atomic E-state index is 4.40. The Bertz CT molecular complexity index is 720. The Kier molecular flexibility index (Phi) is 3.21. The lowest BCUT2D eigenvalue weighted by Gasteiger charge is -2.08. The lowest BCUT2D eigenvalue weighted by Crippen LogP contribution is -2.03. The van der Waals surface area contributed by atoms with Crippen molar-refractivity contribution in [3.63, 3.8) is 0 Å². The van der Waals surface area contributed by atoms with E-state index in [0.717, 1.165) is 26.8 Å². The van der Waals surface area contributed by atoms with E-state index in [1.807, 2.05) is 43.7 Å². The van der Waals surface area contributed by atoms with E-state index in [1.54, 1.807) is 4.68 Å². The molecule has 0 spiro atoms. The first kappa shape index (κ1) is 12.2. The van der Waals surface area contributed by atoms with E-state index in [2.05, 4.69) is 37.4 Å². The van der Waals surface area contributed by atoms with Gasteiger partial charge >= 0.3 is 0 Å². The number of nitrogens with zero attached hydrogens (tertiary/aromatic N) is 3. The average molecular weight is 317 g/mol. The molecule has 0 radical (unpaired) electrons. The molecule has 0 atom stereocenters. The fourth-order valence-corrected chi connectivity index (χ4v) is 2.54. The fourth-order valence-electron chi connectivity index (χ4n) is 2.04. The minimum absolute atomic E-state index is 0.666. The number of pyridine rings is 1. The number of anilines is 1. The SMILES string of the molecule is Cn1ccc(CNc2nccc3c(Br)cccc23)n1. The van der Waals surface area contributed by atoms with Crippen molar-refractivity contribution in [2.75, 3.05) is 5.32 Å². The first-order chi connectivity index (χ1) is 9.24. The third kappa shape index (κ3) is 2.46. The Labute approximate surface area is 119 Å². The summed E-state index contributed by atoms with van der Waals surface area (Å²) in [5.41, 5.74) is 0.997. The normalized spacial score (nSPS) is 10.8. The van der Waals surface area contributed by atoms with Crippen molar-refractivity contribution >= 4 is 32.5 Å². The summed E-state index contributed by atoms with van der Waals surface area (Å²) in [5, 5.41) is 9.94. The summed E-state index contributed by atoms with van der Waals surface area (Å²) in [6.07, 6.45) is 3.75. The van der Waals surface area contributed by atoms with E-state index in [1.165, 1.54) is 0 Å². The molecule has 0 aliphatic heterocycles. The molecule has 0 aliphatic rings. The number of fused-ring (bicyclic) bond motifs is 1. The molecule has 0 saturated heterocycles. The fraction of sp³-hybridized carbons (Fsp3) is 0.143. The first-order valence-corrected chi connectivity index (χ1v) is 6.79. The molecule has 1 aromatic carbocycles. The van der Waals surface area contributed by atoms with Gasteiger partial charge in [-0.15, -0.1) is 0 Å². The standard InChI is InChI=1S/C14H13BrN4/c1-19-8-6-10(18-19)9-17-14-12-3-2-4-13(15)11(12)5-7-16-14/h2-8H,9H2,1H3,(H,16,17). The number of halogens is 1. The molecule has 0 bridgehead atoms. The van der Waals surface area contributed by atoms with Gasteiger partial charge in [-0.2, -0.15) is 5.10 Å². The highest BCUT2D eigenvalue weighted by atomic mass is 79.9. The van der Waals surface area contributed by atoms with Gasteiger partial charge in [0.25, 0.3) is 0 Å².